The maximum Gasteiger partial charge on any atom is 0.262 e. The molecule has 150 valence electrons. The highest BCUT2D eigenvalue weighted by Gasteiger charge is 2.11. The maximum atomic E-state index is 12.9. The van der Waals surface area contributed by atoms with Crippen molar-refractivity contribution in [3.63, 3.8) is 0 Å². The van der Waals surface area contributed by atoms with Crippen LogP contribution in [-0.2, 0) is 13.1 Å². The van der Waals surface area contributed by atoms with Crippen LogP contribution in [0.1, 0.15) is 21.5 Å². The lowest BCUT2D eigenvalue weighted by atomic mass is 10.1. The second-order valence-corrected chi connectivity index (χ2v) is 7.70. The SMILES string of the molecule is O=C(NCc1cccc(Cl)c1)c1ccc2c(=O)n(Cc3ccccc3)c(=S)[nH]c2c1. The van der Waals surface area contributed by atoms with Gasteiger partial charge in [-0.05, 0) is 53.7 Å². The van der Waals surface area contributed by atoms with Gasteiger partial charge in [0.2, 0.25) is 0 Å². The van der Waals surface area contributed by atoms with Crippen molar-refractivity contribution >= 4 is 40.6 Å². The first kappa shape index (κ1) is 20.1. The van der Waals surface area contributed by atoms with Gasteiger partial charge in [0.1, 0.15) is 0 Å². The molecule has 0 fully saturated rings. The zero-order valence-corrected chi connectivity index (χ0v) is 17.5. The number of halogens is 1. The molecule has 0 aliphatic heterocycles. The molecule has 30 heavy (non-hydrogen) atoms. The van der Waals surface area contributed by atoms with Gasteiger partial charge in [0.05, 0.1) is 17.4 Å². The lowest BCUT2D eigenvalue weighted by molar-refractivity contribution is 0.0951. The Kier molecular flexibility index (Phi) is 5.79. The molecule has 1 heterocycles. The van der Waals surface area contributed by atoms with Crippen LogP contribution in [0.4, 0.5) is 0 Å². The Morgan fingerprint density at radius 3 is 2.53 bits per heavy atom. The number of nitrogens with zero attached hydrogens (tertiary/aromatic N) is 1. The second kappa shape index (κ2) is 8.65. The predicted molar refractivity (Wildman–Crippen MR) is 122 cm³/mol. The Morgan fingerprint density at radius 1 is 1.00 bits per heavy atom. The number of rotatable bonds is 5. The van der Waals surface area contributed by atoms with Crippen molar-refractivity contribution in [2.75, 3.05) is 0 Å². The Balaban J connectivity index is 1.60. The van der Waals surface area contributed by atoms with Gasteiger partial charge in [0, 0.05) is 17.1 Å². The minimum atomic E-state index is -0.246. The van der Waals surface area contributed by atoms with Crippen LogP contribution in [0.3, 0.4) is 0 Å². The third-order valence-corrected chi connectivity index (χ3v) is 5.33. The molecule has 0 aliphatic carbocycles. The van der Waals surface area contributed by atoms with E-state index in [4.69, 9.17) is 23.8 Å². The molecule has 5 nitrogen and oxygen atoms in total. The number of hydrogen-bond acceptors (Lipinski definition) is 3. The molecular formula is C23H18ClN3O2S. The largest absolute Gasteiger partial charge is 0.348 e. The number of amides is 1. The van der Waals surface area contributed by atoms with E-state index in [1.54, 1.807) is 30.3 Å². The van der Waals surface area contributed by atoms with E-state index in [-0.39, 0.29) is 11.5 Å². The molecule has 7 heteroatoms. The van der Waals surface area contributed by atoms with Crippen LogP contribution >= 0.6 is 23.8 Å². The zero-order chi connectivity index (χ0) is 21.1. The van der Waals surface area contributed by atoms with Crippen molar-refractivity contribution < 1.29 is 4.79 Å². The van der Waals surface area contributed by atoms with Crippen LogP contribution in [0.2, 0.25) is 5.02 Å². The van der Waals surface area contributed by atoms with Crippen LogP contribution in [0.5, 0.6) is 0 Å². The summed E-state index contributed by atoms with van der Waals surface area (Å²) in [7, 11) is 0. The third kappa shape index (κ3) is 4.35. The van der Waals surface area contributed by atoms with Gasteiger partial charge in [-0.3, -0.25) is 14.2 Å². The highest BCUT2D eigenvalue weighted by Crippen LogP contribution is 2.13. The molecule has 0 radical (unpaired) electrons. The Morgan fingerprint density at radius 2 is 1.77 bits per heavy atom. The average molecular weight is 436 g/mol. The number of hydrogen-bond donors (Lipinski definition) is 2. The molecule has 0 saturated carbocycles. The highest BCUT2D eigenvalue weighted by molar-refractivity contribution is 7.71. The van der Waals surface area contributed by atoms with E-state index in [2.05, 4.69) is 10.3 Å². The summed E-state index contributed by atoms with van der Waals surface area (Å²) >= 11 is 11.4. The number of aromatic amines is 1. The quantitative estimate of drug-likeness (QED) is 0.447. The van der Waals surface area contributed by atoms with Crippen molar-refractivity contribution in [3.8, 4) is 0 Å². The smallest absolute Gasteiger partial charge is 0.262 e. The average Bonchev–Trinajstić information content (AvgIpc) is 2.75. The number of nitrogens with one attached hydrogen (secondary N) is 2. The van der Waals surface area contributed by atoms with Crippen LogP contribution in [0.25, 0.3) is 10.9 Å². The second-order valence-electron chi connectivity index (χ2n) is 6.88. The van der Waals surface area contributed by atoms with E-state index in [0.29, 0.717) is 39.3 Å². The van der Waals surface area contributed by atoms with Crippen molar-refractivity contribution in [3.05, 3.63) is 110 Å². The fraction of sp³-hybridized carbons (Fsp3) is 0.0870. The van der Waals surface area contributed by atoms with Gasteiger partial charge in [-0.15, -0.1) is 0 Å². The molecule has 0 atom stereocenters. The monoisotopic (exact) mass is 435 g/mol. The normalized spacial score (nSPS) is 10.8. The highest BCUT2D eigenvalue weighted by atomic mass is 35.5. The van der Waals surface area contributed by atoms with E-state index >= 15 is 0 Å². The van der Waals surface area contributed by atoms with Crippen LogP contribution < -0.4 is 10.9 Å². The van der Waals surface area contributed by atoms with E-state index in [0.717, 1.165) is 11.1 Å². The number of carbonyl (C=O) groups is 1. The molecule has 1 amide bonds. The fourth-order valence-electron chi connectivity index (χ4n) is 3.24. The molecule has 4 aromatic rings. The number of fused-ring (bicyclic) bond motifs is 1. The standard InChI is InChI=1S/C23H18ClN3O2S/c24-18-8-4-7-16(11-18)13-25-21(28)17-9-10-19-20(12-17)26-23(30)27(22(19)29)14-15-5-2-1-3-6-15/h1-12H,13-14H2,(H,25,28)(H,26,30). The molecule has 1 aromatic heterocycles. The first-order valence-corrected chi connectivity index (χ1v) is 10.1. The zero-order valence-electron chi connectivity index (χ0n) is 15.9. The molecule has 4 rings (SSSR count). The number of H-pyrrole nitrogens is 1. The number of aromatic nitrogens is 2. The first-order chi connectivity index (χ1) is 14.5. The Labute approximate surface area is 183 Å². The molecule has 0 saturated heterocycles. The molecule has 0 unspecified atom stereocenters. The molecule has 0 bridgehead atoms. The number of benzene rings is 3. The van der Waals surface area contributed by atoms with Gasteiger partial charge in [0.15, 0.2) is 4.77 Å². The van der Waals surface area contributed by atoms with Crippen molar-refractivity contribution in [2.45, 2.75) is 13.1 Å². The summed E-state index contributed by atoms with van der Waals surface area (Å²) in [6.07, 6.45) is 0. The minimum Gasteiger partial charge on any atom is -0.348 e. The molecule has 0 spiro atoms. The number of carbonyl (C=O) groups excluding carboxylic acids is 1. The summed E-state index contributed by atoms with van der Waals surface area (Å²) in [5.41, 5.74) is 2.67. The van der Waals surface area contributed by atoms with Gasteiger partial charge in [-0.1, -0.05) is 54.1 Å². The fourth-order valence-corrected chi connectivity index (χ4v) is 3.71. The summed E-state index contributed by atoms with van der Waals surface area (Å²) in [6.45, 7) is 0.735. The lowest BCUT2D eigenvalue weighted by Gasteiger charge is -2.10. The van der Waals surface area contributed by atoms with Gasteiger partial charge in [0.25, 0.3) is 11.5 Å². The van der Waals surface area contributed by atoms with E-state index in [1.807, 2.05) is 42.5 Å². The first-order valence-electron chi connectivity index (χ1n) is 9.35. The van der Waals surface area contributed by atoms with Gasteiger partial charge in [-0.2, -0.15) is 0 Å². The Bertz CT molecular complexity index is 1350. The minimum absolute atomic E-state index is 0.191. The molecule has 2 N–H and O–H groups in total. The van der Waals surface area contributed by atoms with Crippen molar-refractivity contribution in [2.24, 2.45) is 0 Å². The van der Waals surface area contributed by atoms with Crippen LogP contribution in [0, 0.1) is 4.77 Å². The topological polar surface area (TPSA) is 66.9 Å². The summed E-state index contributed by atoms with van der Waals surface area (Å²) in [6, 6.07) is 21.9. The molecule has 3 aromatic carbocycles. The predicted octanol–water partition coefficient (Wildman–Crippen LogP) is 4.69. The van der Waals surface area contributed by atoms with Gasteiger partial charge < -0.3 is 10.3 Å². The van der Waals surface area contributed by atoms with Gasteiger partial charge in [-0.25, -0.2) is 0 Å². The maximum absolute atomic E-state index is 12.9. The summed E-state index contributed by atoms with van der Waals surface area (Å²) in [5, 5.41) is 3.95. The van der Waals surface area contributed by atoms with Crippen molar-refractivity contribution in [1.29, 1.82) is 0 Å². The van der Waals surface area contributed by atoms with E-state index < -0.39 is 0 Å². The summed E-state index contributed by atoms with van der Waals surface area (Å²) < 4.78 is 1.83. The Hall–Kier alpha value is -3.22. The third-order valence-electron chi connectivity index (χ3n) is 4.77. The van der Waals surface area contributed by atoms with E-state index in [1.165, 1.54) is 4.57 Å². The van der Waals surface area contributed by atoms with Crippen LogP contribution in [-0.4, -0.2) is 15.5 Å². The molecular weight excluding hydrogens is 418 g/mol. The van der Waals surface area contributed by atoms with Gasteiger partial charge >= 0.3 is 0 Å². The van der Waals surface area contributed by atoms with E-state index in [9.17, 15) is 9.59 Å². The van der Waals surface area contributed by atoms with Crippen molar-refractivity contribution in [1.82, 2.24) is 14.9 Å². The van der Waals surface area contributed by atoms with Crippen LogP contribution in [0.15, 0.2) is 77.6 Å². The molecule has 0 aliphatic rings. The summed E-state index contributed by atoms with van der Waals surface area (Å²) in [4.78, 5) is 28.6. The lowest BCUT2D eigenvalue weighted by Crippen LogP contribution is -2.24. The summed E-state index contributed by atoms with van der Waals surface area (Å²) in [5.74, 6) is -0.246.